The summed E-state index contributed by atoms with van der Waals surface area (Å²) in [5.41, 5.74) is 3.17. The number of hydrogen-bond donors (Lipinski definition) is 1. The summed E-state index contributed by atoms with van der Waals surface area (Å²) in [6, 6.07) is 17.9. The van der Waals surface area contributed by atoms with Crippen molar-refractivity contribution in [1.82, 2.24) is 9.80 Å². The smallest absolute Gasteiger partial charge is 0.322 e. The topological polar surface area (TPSA) is 44.8 Å². The van der Waals surface area contributed by atoms with Crippen molar-refractivity contribution in [2.45, 2.75) is 13.5 Å². The van der Waals surface area contributed by atoms with E-state index in [1.54, 1.807) is 0 Å². The molecule has 0 bridgehead atoms. The van der Waals surface area contributed by atoms with Crippen LogP contribution in [0.4, 0.5) is 10.5 Å². The normalized spacial score (nSPS) is 14.8. The highest BCUT2D eigenvalue weighted by molar-refractivity contribution is 5.89. The molecule has 0 spiro atoms. The molecule has 0 radical (unpaired) electrons. The largest absolute Gasteiger partial charge is 0.379 e. The summed E-state index contributed by atoms with van der Waals surface area (Å²) in [4.78, 5) is 17.1. The van der Waals surface area contributed by atoms with Crippen molar-refractivity contribution < 1.29 is 9.53 Å². The Morgan fingerprint density at radius 2 is 1.88 bits per heavy atom. The van der Waals surface area contributed by atoms with E-state index in [0.29, 0.717) is 13.1 Å². The monoisotopic (exact) mass is 353 g/mol. The number of aryl methyl sites for hydroxylation is 1. The van der Waals surface area contributed by atoms with Crippen LogP contribution in [0.1, 0.15) is 11.1 Å². The van der Waals surface area contributed by atoms with Gasteiger partial charge >= 0.3 is 6.03 Å². The lowest BCUT2D eigenvalue weighted by atomic mass is 10.1. The van der Waals surface area contributed by atoms with Crippen LogP contribution in [0, 0.1) is 6.92 Å². The molecule has 0 atom stereocenters. The highest BCUT2D eigenvalue weighted by Crippen LogP contribution is 2.12. The average Bonchev–Trinajstić information content (AvgIpc) is 2.67. The maximum Gasteiger partial charge on any atom is 0.322 e. The summed E-state index contributed by atoms with van der Waals surface area (Å²) in [5.74, 6) is 0. The summed E-state index contributed by atoms with van der Waals surface area (Å²) in [6.07, 6.45) is 0. The van der Waals surface area contributed by atoms with E-state index >= 15 is 0 Å². The molecular formula is C21H27N3O2. The Kier molecular flexibility index (Phi) is 6.63. The molecule has 2 aromatic carbocycles. The zero-order chi connectivity index (χ0) is 18.2. The molecule has 1 fully saturated rings. The quantitative estimate of drug-likeness (QED) is 0.866. The summed E-state index contributed by atoms with van der Waals surface area (Å²) in [7, 11) is 0. The fourth-order valence-electron chi connectivity index (χ4n) is 3.09. The van der Waals surface area contributed by atoms with Crippen LogP contribution in [-0.2, 0) is 11.3 Å². The van der Waals surface area contributed by atoms with Crippen LogP contribution in [0.3, 0.4) is 0 Å². The number of para-hydroxylation sites is 1. The Labute approximate surface area is 155 Å². The maximum absolute atomic E-state index is 12.8. The standard InChI is InChI=1S/C21H27N3O2/c1-18-6-5-7-19(16-18)17-24(11-10-23-12-14-26-15-13-23)21(25)22-20-8-3-2-4-9-20/h2-9,16H,10-15,17H2,1H3,(H,22,25). The molecule has 2 amide bonds. The molecule has 1 saturated heterocycles. The van der Waals surface area contributed by atoms with Crippen molar-refractivity contribution in [3.8, 4) is 0 Å². The highest BCUT2D eigenvalue weighted by Gasteiger charge is 2.17. The molecule has 5 nitrogen and oxygen atoms in total. The number of carbonyl (C=O) groups excluding carboxylic acids is 1. The number of nitrogens with one attached hydrogen (secondary N) is 1. The summed E-state index contributed by atoms with van der Waals surface area (Å²) < 4.78 is 5.41. The van der Waals surface area contributed by atoms with Crippen molar-refractivity contribution in [2.75, 3.05) is 44.7 Å². The Bertz CT molecular complexity index is 699. The second-order valence-electron chi connectivity index (χ2n) is 6.66. The number of carbonyl (C=O) groups is 1. The SMILES string of the molecule is Cc1cccc(CN(CCN2CCOCC2)C(=O)Nc2ccccc2)c1. The first-order valence-corrected chi connectivity index (χ1v) is 9.17. The van der Waals surface area contributed by atoms with Crippen LogP contribution in [0.25, 0.3) is 0 Å². The first-order chi connectivity index (χ1) is 12.7. The van der Waals surface area contributed by atoms with Crippen LogP contribution in [-0.4, -0.2) is 55.2 Å². The van der Waals surface area contributed by atoms with Crippen molar-refractivity contribution in [1.29, 1.82) is 0 Å². The highest BCUT2D eigenvalue weighted by atomic mass is 16.5. The van der Waals surface area contributed by atoms with Gasteiger partial charge in [0.05, 0.1) is 13.2 Å². The number of urea groups is 1. The Morgan fingerprint density at radius 3 is 2.62 bits per heavy atom. The van der Waals surface area contributed by atoms with Gasteiger partial charge in [0, 0.05) is 38.4 Å². The summed E-state index contributed by atoms with van der Waals surface area (Å²) in [6.45, 7) is 7.62. The minimum absolute atomic E-state index is 0.0639. The van der Waals surface area contributed by atoms with Crippen LogP contribution >= 0.6 is 0 Å². The zero-order valence-corrected chi connectivity index (χ0v) is 15.4. The average molecular weight is 353 g/mol. The molecule has 0 aliphatic carbocycles. The van der Waals surface area contributed by atoms with E-state index < -0.39 is 0 Å². The number of hydrogen-bond acceptors (Lipinski definition) is 3. The number of benzene rings is 2. The fraction of sp³-hybridized carbons (Fsp3) is 0.381. The summed E-state index contributed by atoms with van der Waals surface area (Å²) >= 11 is 0. The molecule has 138 valence electrons. The van der Waals surface area contributed by atoms with Gasteiger partial charge in [0.25, 0.3) is 0 Å². The molecule has 1 N–H and O–H groups in total. The number of amides is 2. The molecule has 0 unspecified atom stereocenters. The lowest BCUT2D eigenvalue weighted by Crippen LogP contribution is -2.44. The van der Waals surface area contributed by atoms with E-state index in [-0.39, 0.29) is 6.03 Å². The molecule has 0 saturated carbocycles. The number of ether oxygens (including phenoxy) is 1. The first kappa shape index (κ1) is 18.4. The molecule has 3 rings (SSSR count). The van der Waals surface area contributed by atoms with Gasteiger partial charge < -0.3 is 15.0 Å². The van der Waals surface area contributed by atoms with E-state index in [4.69, 9.17) is 4.74 Å². The van der Waals surface area contributed by atoms with E-state index in [9.17, 15) is 4.79 Å². The lowest BCUT2D eigenvalue weighted by molar-refractivity contribution is 0.0349. The van der Waals surface area contributed by atoms with E-state index in [1.165, 1.54) is 5.56 Å². The number of anilines is 1. The third-order valence-corrected chi connectivity index (χ3v) is 4.56. The Hall–Kier alpha value is -2.37. The predicted molar refractivity (Wildman–Crippen MR) is 104 cm³/mol. The van der Waals surface area contributed by atoms with Crippen LogP contribution in [0.2, 0.25) is 0 Å². The zero-order valence-electron chi connectivity index (χ0n) is 15.4. The molecule has 2 aromatic rings. The Morgan fingerprint density at radius 1 is 1.12 bits per heavy atom. The molecule has 1 heterocycles. The number of rotatable bonds is 6. The molecule has 5 heteroatoms. The van der Waals surface area contributed by atoms with Gasteiger partial charge in [0.1, 0.15) is 0 Å². The van der Waals surface area contributed by atoms with Crippen molar-refractivity contribution >= 4 is 11.7 Å². The third-order valence-electron chi connectivity index (χ3n) is 4.56. The lowest BCUT2D eigenvalue weighted by Gasteiger charge is -2.30. The van der Waals surface area contributed by atoms with Gasteiger partial charge in [-0.15, -0.1) is 0 Å². The fourth-order valence-corrected chi connectivity index (χ4v) is 3.09. The van der Waals surface area contributed by atoms with Crippen LogP contribution in [0.15, 0.2) is 54.6 Å². The van der Waals surface area contributed by atoms with Gasteiger partial charge in [0.2, 0.25) is 0 Å². The second-order valence-corrected chi connectivity index (χ2v) is 6.66. The van der Waals surface area contributed by atoms with Gasteiger partial charge in [-0.3, -0.25) is 4.90 Å². The molecule has 26 heavy (non-hydrogen) atoms. The van der Waals surface area contributed by atoms with Crippen molar-refractivity contribution in [3.63, 3.8) is 0 Å². The maximum atomic E-state index is 12.8. The van der Waals surface area contributed by atoms with Gasteiger partial charge in [0.15, 0.2) is 0 Å². The molecule has 1 aliphatic heterocycles. The van der Waals surface area contributed by atoms with Crippen molar-refractivity contribution in [3.05, 3.63) is 65.7 Å². The predicted octanol–water partition coefficient (Wildman–Crippen LogP) is 3.36. The van der Waals surface area contributed by atoms with Crippen LogP contribution < -0.4 is 5.32 Å². The minimum Gasteiger partial charge on any atom is -0.379 e. The second kappa shape index (κ2) is 9.36. The first-order valence-electron chi connectivity index (χ1n) is 9.17. The molecular weight excluding hydrogens is 326 g/mol. The number of morpholine rings is 1. The van der Waals surface area contributed by atoms with Gasteiger partial charge in [-0.2, -0.15) is 0 Å². The molecule has 1 aliphatic rings. The van der Waals surface area contributed by atoms with E-state index in [0.717, 1.165) is 44.1 Å². The Balaban J connectivity index is 1.66. The van der Waals surface area contributed by atoms with E-state index in [2.05, 4.69) is 35.3 Å². The third kappa shape index (κ3) is 5.58. The minimum atomic E-state index is -0.0639. The van der Waals surface area contributed by atoms with Crippen molar-refractivity contribution in [2.24, 2.45) is 0 Å². The van der Waals surface area contributed by atoms with Gasteiger partial charge in [-0.05, 0) is 24.6 Å². The summed E-state index contributed by atoms with van der Waals surface area (Å²) in [5, 5.41) is 3.01. The number of nitrogens with zero attached hydrogens (tertiary/aromatic N) is 2. The van der Waals surface area contributed by atoms with Gasteiger partial charge in [-0.25, -0.2) is 4.79 Å². The van der Waals surface area contributed by atoms with E-state index in [1.807, 2.05) is 41.3 Å². The van der Waals surface area contributed by atoms with Crippen LogP contribution in [0.5, 0.6) is 0 Å². The molecule has 0 aromatic heterocycles. The van der Waals surface area contributed by atoms with Gasteiger partial charge in [-0.1, -0.05) is 48.0 Å².